The largest absolute Gasteiger partial charge is 0.383 e. The van der Waals surface area contributed by atoms with Crippen molar-refractivity contribution in [2.75, 3.05) is 46.9 Å². The molecular weight excluding hydrogens is 200 g/mol. The molecule has 0 aromatic rings. The Labute approximate surface area is 101 Å². The van der Waals surface area contributed by atoms with Gasteiger partial charge in [-0.15, -0.1) is 0 Å². The van der Waals surface area contributed by atoms with Crippen molar-refractivity contribution < 1.29 is 4.74 Å². The molecule has 1 saturated carbocycles. The minimum atomic E-state index is 0.819. The summed E-state index contributed by atoms with van der Waals surface area (Å²) < 4.78 is 4.98. The van der Waals surface area contributed by atoms with E-state index in [1.165, 1.54) is 32.4 Å². The van der Waals surface area contributed by atoms with E-state index in [1.807, 2.05) is 0 Å². The number of ether oxygens (including phenoxy) is 1. The van der Waals surface area contributed by atoms with Crippen molar-refractivity contribution in [2.45, 2.75) is 26.2 Å². The average molecular weight is 228 g/mol. The Balaban J connectivity index is 1.79. The Hall–Kier alpha value is -0.120. The first-order valence-electron chi connectivity index (χ1n) is 6.62. The number of methoxy groups -OCH3 is 1. The van der Waals surface area contributed by atoms with Crippen LogP contribution in [0.4, 0.5) is 0 Å². The summed E-state index contributed by atoms with van der Waals surface area (Å²) in [4.78, 5) is 2.49. The summed E-state index contributed by atoms with van der Waals surface area (Å²) >= 11 is 0. The van der Waals surface area contributed by atoms with Crippen molar-refractivity contribution in [1.82, 2.24) is 10.2 Å². The molecule has 16 heavy (non-hydrogen) atoms. The van der Waals surface area contributed by atoms with E-state index in [9.17, 15) is 0 Å². The predicted molar refractivity (Wildman–Crippen MR) is 68.7 cm³/mol. The van der Waals surface area contributed by atoms with Crippen molar-refractivity contribution >= 4 is 0 Å². The lowest BCUT2D eigenvalue weighted by Crippen LogP contribution is -2.24. The molecule has 0 aromatic carbocycles. The van der Waals surface area contributed by atoms with Gasteiger partial charge in [0.05, 0.1) is 6.61 Å². The fourth-order valence-corrected chi connectivity index (χ4v) is 2.08. The molecule has 2 atom stereocenters. The molecule has 1 fully saturated rings. The van der Waals surface area contributed by atoms with Gasteiger partial charge in [-0.1, -0.05) is 6.92 Å². The standard InChI is InChI=1S/C13H28N2O/c1-12-10-13(12)11-15(2)8-5-4-6-14-7-9-16-3/h12-14H,4-11H2,1-3H3. The fraction of sp³-hybridized carbons (Fsp3) is 1.00. The van der Waals surface area contributed by atoms with Gasteiger partial charge in [-0.05, 0) is 51.2 Å². The second-order valence-corrected chi connectivity index (χ2v) is 5.19. The van der Waals surface area contributed by atoms with Crippen molar-refractivity contribution in [3.63, 3.8) is 0 Å². The second kappa shape index (κ2) is 8.04. The lowest BCUT2D eigenvalue weighted by Gasteiger charge is -2.16. The van der Waals surface area contributed by atoms with Gasteiger partial charge in [-0.3, -0.25) is 0 Å². The SMILES string of the molecule is COCCNCCCCN(C)CC1CC1C. The number of hydrogen-bond donors (Lipinski definition) is 1. The zero-order chi connectivity index (χ0) is 11.8. The molecule has 0 aromatic heterocycles. The molecule has 3 heteroatoms. The van der Waals surface area contributed by atoms with Crippen LogP contribution in [-0.2, 0) is 4.74 Å². The first-order chi connectivity index (χ1) is 7.74. The summed E-state index contributed by atoms with van der Waals surface area (Å²) in [5.74, 6) is 1.97. The van der Waals surface area contributed by atoms with E-state index in [4.69, 9.17) is 4.74 Å². The van der Waals surface area contributed by atoms with E-state index < -0.39 is 0 Å². The highest BCUT2D eigenvalue weighted by Crippen LogP contribution is 2.37. The van der Waals surface area contributed by atoms with Gasteiger partial charge in [0.1, 0.15) is 0 Å². The lowest BCUT2D eigenvalue weighted by atomic mass is 10.2. The molecule has 1 rings (SSSR count). The smallest absolute Gasteiger partial charge is 0.0587 e. The Morgan fingerprint density at radius 3 is 2.69 bits per heavy atom. The molecule has 0 radical (unpaired) electrons. The molecule has 3 nitrogen and oxygen atoms in total. The minimum absolute atomic E-state index is 0.819. The molecule has 0 heterocycles. The molecular formula is C13H28N2O. The highest BCUT2D eigenvalue weighted by Gasteiger charge is 2.32. The van der Waals surface area contributed by atoms with Crippen molar-refractivity contribution in [3.8, 4) is 0 Å². The molecule has 1 aliphatic carbocycles. The molecule has 1 N–H and O–H groups in total. The zero-order valence-corrected chi connectivity index (χ0v) is 11.2. The molecule has 1 aliphatic rings. The minimum Gasteiger partial charge on any atom is -0.383 e. The molecule has 0 aliphatic heterocycles. The van der Waals surface area contributed by atoms with Crippen LogP contribution >= 0.6 is 0 Å². The van der Waals surface area contributed by atoms with Crippen LogP contribution in [0.25, 0.3) is 0 Å². The summed E-state index contributed by atoms with van der Waals surface area (Å²) in [5, 5.41) is 3.38. The normalized spacial score (nSPS) is 24.0. The Morgan fingerprint density at radius 1 is 1.31 bits per heavy atom. The predicted octanol–water partition coefficient (Wildman–Crippen LogP) is 1.59. The van der Waals surface area contributed by atoms with Gasteiger partial charge in [0.15, 0.2) is 0 Å². The third-order valence-electron chi connectivity index (χ3n) is 3.45. The summed E-state index contributed by atoms with van der Waals surface area (Å²) in [7, 11) is 4.00. The number of nitrogens with one attached hydrogen (secondary N) is 1. The topological polar surface area (TPSA) is 24.5 Å². The van der Waals surface area contributed by atoms with E-state index in [-0.39, 0.29) is 0 Å². The third kappa shape index (κ3) is 6.46. The van der Waals surface area contributed by atoms with Crippen LogP contribution in [0.2, 0.25) is 0 Å². The van der Waals surface area contributed by atoms with Crippen LogP contribution in [0.1, 0.15) is 26.2 Å². The summed E-state index contributed by atoms with van der Waals surface area (Å²) in [6, 6.07) is 0. The van der Waals surface area contributed by atoms with Gasteiger partial charge in [-0.2, -0.15) is 0 Å². The molecule has 0 spiro atoms. The van der Waals surface area contributed by atoms with Crippen molar-refractivity contribution in [1.29, 1.82) is 0 Å². The molecule has 2 unspecified atom stereocenters. The van der Waals surface area contributed by atoms with Crippen molar-refractivity contribution in [3.05, 3.63) is 0 Å². The second-order valence-electron chi connectivity index (χ2n) is 5.19. The van der Waals surface area contributed by atoms with Gasteiger partial charge in [0.25, 0.3) is 0 Å². The molecule has 0 bridgehead atoms. The quantitative estimate of drug-likeness (QED) is 0.575. The Bertz CT molecular complexity index is 175. The lowest BCUT2D eigenvalue weighted by molar-refractivity contribution is 0.199. The van der Waals surface area contributed by atoms with E-state index in [0.717, 1.165) is 31.5 Å². The maximum Gasteiger partial charge on any atom is 0.0587 e. The molecule has 0 amide bonds. The molecule has 0 saturated heterocycles. The van der Waals surface area contributed by atoms with Crippen LogP contribution in [0.15, 0.2) is 0 Å². The Morgan fingerprint density at radius 2 is 2.06 bits per heavy atom. The highest BCUT2D eigenvalue weighted by molar-refractivity contribution is 4.84. The van der Waals surface area contributed by atoms with E-state index in [1.54, 1.807) is 7.11 Å². The number of hydrogen-bond acceptors (Lipinski definition) is 3. The maximum atomic E-state index is 4.98. The molecule has 96 valence electrons. The highest BCUT2D eigenvalue weighted by atomic mass is 16.5. The Kier molecular flexibility index (Phi) is 7.01. The zero-order valence-electron chi connectivity index (χ0n) is 11.2. The van der Waals surface area contributed by atoms with Gasteiger partial charge >= 0.3 is 0 Å². The monoisotopic (exact) mass is 228 g/mol. The van der Waals surface area contributed by atoms with Gasteiger partial charge in [0.2, 0.25) is 0 Å². The number of nitrogens with zero attached hydrogens (tertiary/aromatic N) is 1. The fourth-order valence-electron chi connectivity index (χ4n) is 2.08. The van der Waals surface area contributed by atoms with E-state index >= 15 is 0 Å². The van der Waals surface area contributed by atoms with Gasteiger partial charge in [-0.25, -0.2) is 0 Å². The first-order valence-corrected chi connectivity index (χ1v) is 6.62. The van der Waals surface area contributed by atoms with E-state index in [2.05, 4.69) is 24.2 Å². The van der Waals surface area contributed by atoms with Crippen LogP contribution in [0.3, 0.4) is 0 Å². The number of rotatable bonds is 10. The van der Waals surface area contributed by atoms with Gasteiger partial charge < -0.3 is 15.0 Å². The summed E-state index contributed by atoms with van der Waals surface area (Å²) in [6.45, 7) is 7.83. The van der Waals surface area contributed by atoms with Gasteiger partial charge in [0, 0.05) is 20.2 Å². The average Bonchev–Trinajstić information content (AvgIpc) is 2.93. The summed E-state index contributed by atoms with van der Waals surface area (Å²) in [5.41, 5.74) is 0. The van der Waals surface area contributed by atoms with Crippen LogP contribution in [0.5, 0.6) is 0 Å². The maximum absolute atomic E-state index is 4.98. The third-order valence-corrected chi connectivity index (χ3v) is 3.45. The van der Waals surface area contributed by atoms with Crippen LogP contribution < -0.4 is 5.32 Å². The van der Waals surface area contributed by atoms with Crippen LogP contribution in [-0.4, -0.2) is 51.8 Å². The van der Waals surface area contributed by atoms with Crippen molar-refractivity contribution in [2.24, 2.45) is 11.8 Å². The van der Waals surface area contributed by atoms with E-state index in [0.29, 0.717) is 0 Å². The van der Waals surface area contributed by atoms with Crippen LogP contribution in [0, 0.1) is 11.8 Å². The number of unbranched alkanes of at least 4 members (excludes halogenated alkanes) is 1. The first kappa shape index (κ1) is 13.9. The summed E-state index contributed by atoms with van der Waals surface area (Å²) in [6.07, 6.45) is 4.02.